The molecule has 1 saturated carbocycles. The second-order valence-corrected chi connectivity index (χ2v) is 10.4. The van der Waals surface area contributed by atoms with Gasteiger partial charge in [-0.1, -0.05) is 55.0 Å². The van der Waals surface area contributed by atoms with Crippen LogP contribution in [0.3, 0.4) is 0 Å². The molecule has 31 heavy (non-hydrogen) atoms. The van der Waals surface area contributed by atoms with Crippen molar-refractivity contribution in [1.82, 2.24) is 15.0 Å². The Hall–Kier alpha value is -2.32. The molecule has 5 nitrogen and oxygen atoms in total. The average Bonchev–Trinajstić information content (AvgIpc) is 3.20. The lowest BCUT2D eigenvalue weighted by Gasteiger charge is -2.22. The van der Waals surface area contributed by atoms with Crippen LogP contribution in [0.15, 0.2) is 64.9 Å². The molecule has 1 aliphatic rings. The van der Waals surface area contributed by atoms with Crippen LogP contribution in [0.25, 0.3) is 12.2 Å². The topological polar surface area (TPSA) is 71.1 Å². The Labute approximate surface area is 188 Å². The minimum Gasteiger partial charge on any atom is -0.311 e. The molecule has 0 unspecified atom stereocenters. The normalized spacial score (nSPS) is 14.7. The fraction of sp³-hybridized carbons (Fsp3) is 0.292. The van der Waals surface area contributed by atoms with Gasteiger partial charge in [-0.25, -0.2) is 18.1 Å². The minimum atomic E-state index is -3.45. The summed E-state index contributed by atoms with van der Waals surface area (Å²) in [7, 11) is -3.45. The summed E-state index contributed by atoms with van der Waals surface area (Å²) in [5.74, 6) is 0.671. The highest BCUT2D eigenvalue weighted by atomic mass is 32.2. The van der Waals surface area contributed by atoms with Gasteiger partial charge in [-0.05, 0) is 42.2 Å². The van der Waals surface area contributed by atoms with E-state index in [9.17, 15) is 8.42 Å². The second kappa shape index (κ2) is 10.3. The van der Waals surface area contributed by atoms with E-state index in [0.29, 0.717) is 25.6 Å². The van der Waals surface area contributed by atoms with Gasteiger partial charge in [0.15, 0.2) is 0 Å². The van der Waals surface area contributed by atoms with Crippen LogP contribution in [0.5, 0.6) is 0 Å². The lowest BCUT2D eigenvalue weighted by molar-refractivity contribution is 0.412. The summed E-state index contributed by atoms with van der Waals surface area (Å²) in [6, 6.07) is 16.7. The summed E-state index contributed by atoms with van der Waals surface area (Å²) in [5, 5.41) is 6.54. The zero-order valence-electron chi connectivity index (χ0n) is 17.3. The van der Waals surface area contributed by atoms with Gasteiger partial charge in [-0.3, -0.25) is 0 Å². The lowest BCUT2D eigenvalue weighted by Crippen LogP contribution is -2.31. The predicted molar refractivity (Wildman–Crippen MR) is 127 cm³/mol. The minimum absolute atomic E-state index is 0.287. The zero-order valence-corrected chi connectivity index (χ0v) is 19.0. The highest BCUT2D eigenvalue weighted by Gasteiger charge is 2.21. The van der Waals surface area contributed by atoms with Crippen LogP contribution in [-0.4, -0.2) is 26.5 Å². The largest absolute Gasteiger partial charge is 0.311 e. The van der Waals surface area contributed by atoms with E-state index in [1.165, 1.54) is 25.0 Å². The molecule has 0 saturated heterocycles. The highest BCUT2D eigenvalue weighted by molar-refractivity contribution is 7.89. The van der Waals surface area contributed by atoms with Gasteiger partial charge in [-0.15, -0.1) is 11.3 Å². The SMILES string of the molecule is O=S(=O)(NCCNCc1cccc(/C=C/c2nc(C3CCC3)cs2)c1)c1ccccc1. The first-order valence-corrected chi connectivity index (χ1v) is 12.9. The van der Waals surface area contributed by atoms with Gasteiger partial charge in [-0.2, -0.15) is 0 Å². The maximum Gasteiger partial charge on any atom is 0.240 e. The van der Waals surface area contributed by atoms with Crippen molar-refractivity contribution in [2.75, 3.05) is 13.1 Å². The Bertz CT molecular complexity index is 1120. The number of sulfonamides is 1. The van der Waals surface area contributed by atoms with Crippen LogP contribution in [0.2, 0.25) is 0 Å². The number of nitrogens with one attached hydrogen (secondary N) is 2. The molecule has 4 rings (SSSR count). The molecule has 3 aromatic rings. The molecule has 1 fully saturated rings. The summed E-state index contributed by atoms with van der Waals surface area (Å²) in [6.07, 6.45) is 8.05. The molecular weight excluding hydrogens is 426 g/mol. The Morgan fingerprint density at radius 1 is 1.03 bits per heavy atom. The van der Waals surface area contributed by atoms with Crippen molar-refractivity contribution in [1.29, 1.82) is 0 Å². The van der Waals surface area contributed by atoms with Crippen molar-refractivity contribution in [2.24, 2.45) is 0 Å². The van der Waals surface area contributed by atoms with E-state index in [1.807, 2.05) is 6.07 Å². The lowest BCUT2D eigenvalue weighted by atomic mass is 9.83. The van der Waals surface area contributed by atoms with E-state index < -0.39 is 10.0 Å². The van der Waals surface area contributed by atoms with Crippen molar-refractivity contribution < 1.29 is 8.42 Å². The molecule has 1 aliphatic carbocycles. The van der Waals surface area contributed by atoms with Gasteiger partial charge in [0.05, 0.1) is 10.6 Å². The maximum absolute atomic E-state index is 12.2. The molecule has 0 spiro atoms. The van der Waals surface area contributed by atoms with Crippen LogP contribution in [0, 0.1) is 0 Å². The van der Waals surface area contributed by atoms with E-state index in [4.69, 9.17) is 4.98 Å². The van der Waals surface area contributed by atoms with Crippen molar-refractivity contribution in [3.8, 4) is 0 Å². The molecule has 0 radical (unpaired) electrons. The molecule has 2 aromatic carbocycles. The first kappa shape index (κ1) is 21.9. The zero-order chi connectivity index (χ0) is 21.5. The Morgan fingerprint density at radius 3 is 2.65 bits per heavy atom. The summed E-state index contributed by atoms with van der Waals surface area (Å²) >= 11 is 1.70. The van der Waals surface area contributed by atoms with Gasteiger partial charge < -0.3 is 5.32 Å². The van der Waals surface area contributed by atoms with Crippen molar-refractivity contribution >= 4 is 33.5 Å². The van der Waals surface area contributed by atoms with E-state index in [2.05, 4.69) is 45.8 Å². The molecule has 0 atom stereocenters. The van der Waals surface area contributed by atoms with Gasteiger partial charge in [0.2, 0.25) is 10.0 Å². The van der Waals surface area contributed by atoms with E-state index in [1.54, 1.807) is 41.7 Å². The van der Waals surface area contributed by atoms with Crippen LogP contribution < -0.4 is 10.0 Å². The number of rotatable bonds is 10. The number of hydrogen-bond acceptors (Lipinski definition) is 5. The molecule has 1 heterocycles. The van der Waals surface area contributed by atoms with E-state index in [0.717, 1.165) is 16.1 Å². The molecular formula is C24H27N3O2S2. The second-order valence-electron chi connectivity index (χ2n) is 7.70. The van der Waals surface area contributed by atoms with Gasteiger partial charge in [0.1, 0.15) is 5.01 Å². The first-order valence-electron chi connectivity index (χ1n) is 10.6. The quantitative estimate of drug-likeness (QED) is 0.439. The third-order valence-electron chi connectivity index (χ3n) is 5.41. The fourth-order valence-electron chi connectivity index (χ4n) is 3.43. The molecule has 0 bridgehead atoms. The van der Waals surface area contributed by atoms with Crippen LogP contribution in [-0.2, 0) is 16.6 Å². The Kier molecular flexibility index (Phi) is 7.29. The molecule has 162 valence electrons. The smallest absolute Gasteiger partial charge is 0.240 e. The molecule has 7 heteroatoms. The number of thiazole rings is 1. The van der Waals surface area contributed by atoms with Crippen LogP contribution in [0.4, 0.5) is 0 Å². The third kappa shape index (κ3) is 6.11. The van der Waals surface area contributed by atoms with Crippen molar-refractivity contribution in [3.63, 3.8) is 0 Å². The summed E-state index contributed by atoms with van der Waals surface area (Å²) < 4.78 is 27.0. The Morgan fingerprint density at radius 2 is 1.87 bits per heavy atom. The number of hydrogen-bond donors (Lipinski definition) is 2. The summed E-state index contributed by atoms with van der Waals surface area (Å²) in [6.45, 7) is 1.57. The number of nitrogens with zero attached hydrogens (tertiary/aromatic N) is 1. The Balaban J connectivity index is 1.23. The number of aromatic nitrogens is 1. The van der Waals surface area contributed by atoms with Gasteiger partial charge >= 0.3 is 0 Å². The van der Waals surface area contributed by atoms with Gasteiger partial charge in [0.25, 0.3) is 0 Å². The predicted octanol–water partition coefficient (Wildman–Crippen LogP) is 4.65. The summed E-state index contributed by atoms with van der Waals surface area (Å²) in [4.78, 5) is 5.03. The first-order chi connectivity index (χ1) is 15.1. The average molecular weight is 454 g/mol. The van der Waals surface area contributed by atoms with Crippen LogP contribution >= 0.6 is 11.3 Å². The van der Waals surface area contributed by atoms with Crippen molar-refractivity contribution in [2.45, 2.75) is 36.6 Å². The molecule has 0 aliphatic heterocycles. The maximum atomic E-state index is 12.2. The highest BCUT2D eigenvalue weighted by Crippen LogP contribution is 2.36. The van der Waals surface area contributed by atoms with E-state index >= 15 is 0 Å². The summed E-state index contributed by atoms with van der Waals surface area (Å²) in [5.41, 5.74) is 3.53. The van der Waals surface area contributed by atoms with Gasteiger partial charge in [0, 0.05) is 30.9 Å². The number of benzene rings is 2. The fourth-order valence-corrected chi connectivity index (χ4v) is 5.28. The standard InChI is InChI=1S/C24H27N3O2S2/c28-31(29,22-10-2-1-3-11-22)26-15-14-25-17-20-7-4-6-19(16-20)12-13-24-27-23(18-30-24)21-8-5-9-21/h1-4,6-7,10-13,16,18,21,25-26H,5,8-9,14-15,17H2/b13-12+. The van der Waals surface area contributed by atoms with E-state index in [-0.39, 0.29) is 4.90 Å². The monoisotopic (exact) mass is 453 g/mol. The molecule has 2 N–H and O–H groups in total. The van der Waals surface area contributed by atoms with Crippen molar-refractivity contribution in [3.05, 3.63) is 81.8 Å². The van der Waals surface area contributed by atoms with Crippen LogP contribution in [0.1, 0.15) is 47.0 Å². The molecule has 1 aromatic heterocycles. The molecule has 0 amide bonds. The third-order valence-corrected chi connectivity index (χ3v) is 7.71.